The Morgan fingerprint density at radius 1 is 1.35 bits per heavy atom. The Labute approximate surface area is 135 Å². The fraction of sp³-hybridized carbons (Fsp3) is 0.562. The van der Waals surface area contributed by atoms with E-state index in [-0.39, 0.29) is 12.1 Å². The molecule has 0 aromatic carbocycles. The van der Waals surface area contributed by atoms with Crippen molar-refractivity contribution in [1.29, 1.82) is 0 Å². The topological polar surface area (TPSA) is 71.8 Å². The SMILES string of the molecule is CC(C)(C)OC(=O)N[C@H]1CCCN(c2nnc3ccccn23)C1. The normalized spacial score (nSPS) is 18.9. The molecule has 1 atom stereocenters. The molecule has 7 heteroatoms. The Balaban J connectivity index is 1.68. The Kier molecular flexibility index (Phi) is 4.11. The van der Waals surface area contributed by atoms with Crippen LogP contribution in [-0.4, -0.2) is 45.4 Å². The van der Waals surface area contributed by atoms with Crippen molar-refractivity contribution >= 4 is 17.7 Å². The van der Waals surface area contributed by atoms with Gasteiger partial charge in [-0.3, -0.25) is 4.40 Å². The average molecular weight is 317 g/mol. The number of rotatable bonds is 2. The number of piperidine rings is 1. The van der Waals surface area contributed by atoms with Gasteiger partial charge in [0.25, 0.3) is 0 Å². The molecule has 1 fully saturated rings. The van der Waals surface area contributed by atoms with Crippen LogP contribution < -0.4 is 10.2 Å². The summed E-state index contributed by atoms with van der Waals surface area (Å²) >= 11 is 0. The zero-order chi connectivity index (χ0) is 16.4. The number of hydrogen-bond acceptors (Lipinski definition) is 5. The van der Waals surface area contributed by atoms with Crippen molar-refractivity contribution in [1.82, 2.24) is 19.9 Å². The summed E-state index contributed by atoms with van der Waals surface area (Å²) in [5.41, 5.74) is 0.339. The number of carbonyl (C=O) groups is 1. The van der Waals surface area contributed by atoms with Gasteiger partial charge in [-0.25, -0.2) is 4.79 Å². The van der Waals surface area contributed by atoms with E-state index in [2.05, 4.69) is 20.4 Å². The van der Waals surface area contributed by atoms with E-state index in [1.807, 2.05) is 49.6 Å². The molecule has 1 N–H and O–H groups in total. The zero-order valence-corrected chi connectivity index (χ0v) is 13.8. The number of pyridine rings is 1. The van der Waals surface area contributed by atoms with E-state index in [1.165, 1.54) is 0 Å². The second kappa shape index (κ2) is 6.06. The Morgan fingerprint density at radius 3 is 2.96 bits per heavy atom. The Bertz CT molecular complexity index is 691. The Hall–Kier alpha value is -2.31. The molecule has 124 valence electrons. The number of amides is 1. The van der Waals surface area contributed by atoms with E-state index in [4.69, 9.17) is 4.74 Å². The highest BCUT2D eigenvalue weighted by atomic mass is 16.6. The van der Waals surface area contributed by atoms with Gasteiger partial charge >= 0.3 is 6.09 Å². The quantitative estimate of drug-likeness (QED) is 0.919. The molecule has 1 amide bonds. The molecule has 1 saturated heterocycles. The summed E-state index contributed by atoms with van der Waals surface area (Å²) in [6, 6.07) is 5.88. The third-order valence-electron chi connectivity index (χ3n) is 3.72. The van der Waals surface area contributed by atoms with Gasteiger partial charge in [0.1, 0.15) is 5.60 Å². The number of fused-ring (bicyclic) bond motifs is 1. The lowest BCUT2D eigenvalue weighted by Crippen LogP contribution is -2.49. The van der Waals surface area contributed by atoms with Crippen LogP contribution in [0.15, 0.2) is 24.4 Å². The molecule has 3 heterocycles. The first-order chi connectivity index (χ1) is 10.9. The third kappa shape index (κ3) is 3.72. The molecule has 1 aliphatic rings. The number of anilines is 1. The van der Waals surface area contributed by atoms with E-state index in [1.54, 1.807) is 0 Å². The van der Waals surface area contributed by atoms with Gasteiger partial charge in [0.2, 0.25) is 5.95 Å². The maximum absolute atomic E-state index is 11.9. The van der Waals surface area contributed by atoms with E-state index in [0.717, 1.165) is 31.0 Å². The van der Waals surface area contributed by atoms with Crippen molar-refractivity contribution in [3.05, 3.63) is 24.4 Å². The second-order valence-corrected chi connectivity index (χ2v) is 6.86. The minimum Gasteiger partial charge on any atom is -0.444 e. The van der Waals surface area contributed by atoms with Gasteiger partial charge in [-0.05, 0) is 45.7 Å². The summed E-state index contributed by atoms with van der Waals surface area (Å²) in [6.07, 6.45) is 3.51. The fourth-order valence-corrected chi connectivity index (χ4v) is 2.80. The number of nitrogens with zero attached hydrogens (tertiary/aromatic N) is 4. The molecule has 0 spiro atoms. The first-order valence-corrected chi connectivity index (χ1v) is 7.96. The predicted molar refractivity (Wildman–Crippen MR) is 87.6 cm³/mol. The molecular formula is C16H23N5O2. The van der Waals surface area contributed by atoms with Crippen LogP contribution in [0.2, 0.25) is 0 Å². The van der Waals surface area contributed by atoms with Crippen molar-refractivity contribution in [3.8, 4) is 0 Å². The van der Waals surface area contributed by atoms with Crippen molar-refractivity contribution < 1.29 is 9.53 Å². The van der Waals surface area contributed by atoms with Gasteiger partial charge in [0.15, 0.2) is 5.65 Å². The lowest BCUT2D eigenvalue weighted by molar-refractivity contribution is 0.0500. The number of alkyl carbamates (subject to hydrolysis) is 1. The molecule has 7 nitrogen and oxygen atoms in total. The number of hydrogen-bond donors (Lipinski definition) is 1. The monoisotopic (exact) mass is 317 g/mol. The van der Waals surface area contributed by atoms with Crippen molar-refractivity contribution in [3.63, 3.8) is 0 Å². The third-order valence-corrected chi connectivity index (χ3v) is 3.72. The highest BCUT2D eigenvalue weighted by molar-refractivity contribution is 5.68. The predicted octanol–water partition coefficient (Wildman–Crippen LogP) is 2.22. The van der Waals surface area contributed by atoms with E-state index in [0.29, 0.717) is 6.54 Å². The van der Waals surface area contributed by atoms with Crippen LogP contribution >= 0.6 is 0 Å². The van der Waals surface area contributed by atoms with Gasteiger partial charge in [0.05, 0.1) is 0 Å². The largest absolute Gasteiger partial charge is 0.444 e. The zero-order valence-electron chi connectivity index (χ0n) is 13.8. The molecule has 0 radical (unpaired) electrons. The molecule has 3 rings (SSSR count). The molecule has 0 bridgehead atoms. The molecule has 0 aliphatic carbocycles. The summed E-state index contributed by atoms with van der Waals surface area (Å²) < 4.78 is 7.30. The van der Waals surface area contributed by atoms with Crippen molar-refractivity contribution in [2.24, 2.45) is 0 Å². The van der Waals surface area contributed by atoms with Gasteiger partial charge in [-0.2, -0.15) is 0 Å². The highest BCUT2D eigenvalue weighted by Crippen LogP contribution is 2.19. The van der Waals surface area contributed by atoms with E-state index < -0.39 is 5.60 Å². The summed E-state index contributed by atoms with van der Waals surface area (Å²) in [5.74, 6) is 0.816. The lowest BCUT2D eigenvalue weighted by atomic mass is 10.1. The average Bonchev–Trinajstić information content (AvgIpc) is 2.89. The molecule has 0 saturated carbocycles. The first-order valence-electron chi connectivity index (χ1n) is 7.96. The summed E-state index contributed by atoms with van der Waals surface area (Å²) in [7, 11) is 0. The molecule has 2 aromatic rings. The lowest BCUT2D eigenvalue weighted by Gasteiger charge is -2.33. The fourth-order valence-electron chi connectivity index (χ4n) is 2.80. The molecule has 2 aromatic heterocycles. The summed E-state index contributed by atoms with van der Waals surface area (Å²) in [6.45, 7) is 7.20. The van der Waals surface area contributed by atoms with Gasteiger partial charge < -0.3 is 15.0 Å². The number of carbonyl (C=O) groups excluding carboxylic acids is 1. The van der Waals surface area contributed by atoms with E-state index in [9.17, 15) is 4.79 Å². The van der Waals surface area contributed by atoms with Crippen LogP contribution in [0.5, 0.6) is 0 Å². The van der Waals surface area contributed by atoms with Crippen LogP contribution in [0.4, 0.5) is 10.7 Å². The van der Waals surface area contributed by atoms with Crippen LogP contribution in [0.1, 0.15) is 33.6 Å². The number of ether oxygens (including phenoxy) is 1. The van der Waals surface area contributed by atoms with Crippen molar-refractivity contribution in [2.75, 3.05) is 18.0 Å². The summed E-state index contributed by atoms with van der Waals surface area (Å²) in [5, 5.41) is 11.4. The maximum Gasteiger partial charge on any atom is 0.407 e. The van der Waals surface area contributed by atoms with Gasteiger partial charge in [0, 0.05) is 25.3 Å². The molecule has 23 heavy (non-hydrogen) atoms. The molecule has 1 aliphatic heterocycles. The smallest absolute Gasteiger partial charge is 0.407 e. The first kappa shape index (κ1) is 15.6. The van der Waals surface area contributed by atoms with Crippen LogP contribution in [0.25, 0.3) is 5.65 Å². The molecular weight excluding hydrogens is 294 g/mol. The minimum atomic E-state index is -0.484. The van der Waals surface area contributed by atoms with Crippen LogP contribution in [0.3, 0.4) is 0 Å². The minimum absolute atomic E-state index is 0.0506. The standard InChI is InChI=1S/C16H23N5O2/c1-16(2,3)23-15(22)17-12-7-6-9-20(11-12)14-19-18-13-8-4-5-10-21(13)14/h4-5,8,10,12H,6-7,9,11H2,1-3H3,(H,17,22)/t12-/m0/s1. The highest BCUT2D eigenvalue weighted by Gasteiger charge is 2.26. The van der Waals surface area contributed by atoms with Gasteiger partial charge in [-0.1, -0.05) is 6.07 Å². The van der Waals surface area contributed by atoms with Gasteiger partial charge in [-0.15, -0.1) is 10.2 Å². The molecule has 0 unspecified atom stereocenters. The van der Waals surface area contributed by atoms with Crippen LogP contribution in [-0.2, 0) is 4.74 Å². The number of aromatic nitrogens is 3. The maximum atomic E-state index is 11.9. The van der Waals surface area contributed by atoms with Crippen molar-refractivity contribution in [2.45, 2.75) is 45.3 Å². The van der Waals surface area contributed by atoms with Crippen LogP contribution in [0, 0.1) is 0 Å². The van der Waals surface area contributed by atoms with E-state index >= 15 is 0 Å². The summed E-state index contributed by atoms with van der Waals surface area (Å²) in [4.78, 5) is 14.1. The second-order valence-electron chi connectivity index (χ2n) is 6.86. The number of nitrogens with one attached hydrogen (secondary N) is 1. The Morgan fingerprint density at radius 2 is 2.17 bits per heavy atom.